The van der Waals surface area contributed by atoms with Gasteiger partial charge < -0.3 is 5.32 Å². The molecule has 0 aromatic heterocycles. The Bertz CT molecular complexity index is 277. The van der Waals surface area contributed by atoms with Crippen molar-refractivity contribution in [2.24, 2.45) is 0 Å². The van der Waals surface area contributed by atoms with E-state index in [1.807, 2.05) is 25.5 Å². The normalized spacial score (nSPS) is 12.6. The van der Waals surface area contributed by atoms with Gasteiger partial charge in [-0.1, -0.05) is 0 Å². The molecule has 0 aliphatic carbocycles. The van der Waals surface area contributed by atoms with Crippen LogP contribution in [-0.4, -0.2) is 32.7 Å². The number of carbonyl (C=O) groups excluding carboxylic acids is 1. The maximum Gasteiger partial charge on any atom is 0.247 e. The molecule has 0 aliphatic heterocycles. The van der Waals surface area contributed by atoms with Gasteiger partial charge >= 0.3 is 0 Å². The Labute approximate surface area is 79.0 Å². The van der Waals surface area contributed by atoms with Gasteiger partial charge in [0.1, 0.15) is 0 Å². The van der Waals surface area contributed by atoms with Crippen molar-refractivity contribution in [1.82, 2.24) is 10.0 Å². The molecule has 0 aliphatic rings. The third-order valence-electron chi connectivity index (χ3n) is 1.08. The summed E-state index contributed by atoms with van der Waals surface area (Å²) in [5.41, 5.74) is -0.200. The van der Waals surface area contributed by atoms with Crippen molar-refractivity contribution in [2.45, 2.75) is 26.3 Å². The summed E-state index contributed by atoms with van der Waals surface area (Å²) in [6.45, 7) is 5.67. The molecular weight excluding hydrogens is 192 g/mol. The fourth-order valence-corrected chi connectivity index (χ4v) is 1.07. The molecule has 0 spiro atoms. The second kappa shape index (κ2) is 4.06. The molecule has 0 bridgehead atoms. The predicted octanol–water partition coefficient (Wildman–Crippen LogP) is -0.550. The molecule has 0 aromatic carbocycles. The van der Waals surface area contributed by atoms with E-state index in [-0.39, 0.29) is 12.1 Å². The standard InChI is InChI=1S/C7H16N2O3S/c1-7(2,3)8-5-6(10)9-13(4,11)12/h8H,5H2,1-4H3,(H,9,10). The molecule has 78 valence electrons. The van der Waals surface area contributed by atoms with E-state index in [0.29, 0.717) is 0 Å². The Morgan fingerprint density at radius 1 is 1.31 bits per heavy atom. The average molecular weight is 208 g/mol. The lowest BCUT2D eigenvalue weighted by atomic mass is 10.1. The second-order valence-corrected chi connectivity index (χ2v) is 5.65. The van der Waals surface area contributed by atoms with Gasteiger partial charge in [0.2, 0.25) is 15.9 Å². The van der Waals surface area contributed by atoms with Crippen molar-refractivity contribution < 1.29 is 13.2 Å². The topological polar surface area (TPSA) is 75.3 Å². The minimum atomic E-state index is -3.43. The van der Waals surface area contributed by atoms with Crippen LogP contribution in [0.5, 0.6) is 0 Å². The Kier molecular flexibility index (Phi) is 3.87. The second-order valence-electron chi connectivity index (χ2n) is 3.90. The van der Waals surface area contributed by atoms with E-state index >= 15 is 0 Å². The quantitative estimate of drug-likeness (QED) is 0.652. The molecule has 0 unspecified atom stereocenters. The molecule has 0 radical (unpaired) electrons. The van der Waals surface area contributed by atoms with Gasteiger partial charge in [-0.05, 0) is 20.8 Å². The van der Waals surface area contributed by atoms with E-state index in [2.05, 4.69) is 5.32 Å². The Hall–Kier alpha value is -0.620. The van der Waals surface area contributed by atoms with Crippen molar-refractivity contribution in [3.8, 4) is 0 Å². The van der Waals surface area contributed by atoms with Crippen LogP contribution in [-0.2, 0) is 14.8 Å². The van der Waals surface area contributed by atoms with Gasteiger partial charge in [0.15, 0.2) is 0 Å². The van der Waals surface area contributed by atoms with Crippen LogP contribution in [0.25, 0.3) is 0 Å². The van der Waals surface area contributed by atoms with Gasteiger partial charge in [0, 0.05) is 5.54 Å². The molecule has 0 heterocycles. The lowest BCUT2D eigenvalue weighted by Crippen LogP contribution is -2.44. The van der Waals surface area contributed by atoms with E-state index in [0.717, 1.165) is 6.26 Å². The van der Waals surface area contributed by atoms with Crippen LogP contribution in [0.4, 0.5) is 0 Å². The Balaban J connectivity index is 3.92. The van der Waals surface area contributed by atoms with Crippen molar-refractivity contribution in [3.05, 3.63) is 0 Å². The zero-order chi connectivity index (χ0) is 10.7. The van der Waals surface area contributed by atoms with Crippen LogP contribution in [0.1, 0.15) is 20.8 Å². The van der Waals surface area contributed by atoms with Crippen LogP contribution < -0.4 is 10.0 Å². The van der Waals surface area contributed by atoms with Gasteiger partial charge in [-0.25, -0.2) is 8.42 Å². The largest absolute Gasteiger partial charge is 0.304 e. The fraction of sp³-hybridized carbons (Fsp3) is 0.857. The van der Waals surface area contributed by atoms with Crippen LogP contribution in [0.2, 0.25) is 0 Å². The summed E-state index contributed by atoms with van der Waals surface area (Å²) in [6.07, 6.45) is 0.946. The minimum absolute atomic E-state index is 0.00340. The first kappa shape index (κ1) is 12.4. The van der Waals surface area contributed by atoms with Crippen molar-refractivity contribution >= 4 is 15.9 Å². The molecule has 0 saturated carbocycles. The average Bonchev–Trinajstić information content (AvgIpc) is 1.78. The van der Waals surface area contributed by atoms with Crippen molar-refractivity contribution in [2.75, 3.05) is 12.8 Å². The summed E-state index contributed by atoms with van der Waals surface area (Å²) in [6, 6.07) is 0. The van der Waals surface area contributed by atoms with Gasteiger partial charge in [-0.15, -0.1) is 0 Å². The molecule has 0 aromatic rings. The minimum Gasteiger partial charge on any atom is -0.304 e. The first-order valence-electron chi connectivity index (χ1n) is 3.86. The zero-order valence-corrected chi connectivity index (χ0v) is 9.16. The van der Waals surface area contributed by atoms with Crippen LogP contribution in [0, 0.1) is 0 Å². The monoisotopic (exact) mass is 208 g/mol. The molecule has 5 nitrogen and oxygen atoms in total. The molecule has 0 fully saturated rings. The highest BCUT2D eigenvalue weighted by atomic mass is 32.2. The lowest BCUT2D eigenvalue weighted by molar-refractivity contribution is -0.118. The maximum absolute atomic E-state index is 11.0. The number of sulfonamides is 1. The van der Waals surface area contributed by atoms with Crippen LogP contribution >= 0.6 is 0 Å². The van der Waals surface area contributed by atoms with Crippen LogP contribution in [0.3, 0.4) is 0 Å². The highest BCUT2D eigenvalue weighted by molar-refractivity contribution is 7.89. The van der Waals surface area contributed by atoms with Gasteiger partial charge in [-0.2, -0.15) is 0 Å². The van der Waals surface area contributed by atoms with Gasteiger partial charge in [-0.3, -0.25) is 9.52 Å². The molecule has 0 rings (SSSR count). The van der Waals surface area contributed by atoms with E-state index in [9.17, 15) is 13.2 Å². The van der Waals surface area contributed by atoms with Crippen LogP contribution in [0.15, 0.2) is 0 Å². The molecule has 13 heavy (non-hydrogen) atoms. The summed E-state index contributed by atoms with van der Waals surface area (Å²) in [7, 11) is -3.43. The highest BCUT2D eigenvalue weighted by Gasteiger charge is 2.13. The highest BCUT2D eigenvalue weighted by Crippen LogP contribution is 1.96. The van der Waals surface area contributed by atoms with E-state index in [1.54, 1.807) is 0 Å². The number of carbonyl (C=O) groups is 1. The number of rotatable bonds is 3. The maximum atomic E-state index is 11.0. The summed E-state index contributed by atoms with van der Waals surface area (Å²) in [5, 5.41) is 2.87. The summed E-state index contributed by atoms with van der Waals surface area (Å²) >= 11 is 0. The molecule has 0 saturated heterocycles. The third kappa shape index (κ3) is 9.29. The number of nitrogens with one attached hydrogen (secondary N) is 2. The third-order valence-corrected chi connectivity index (χ3v) is 1.68. The van der Waals surface area contributed by atoms with Gasteiger partial charge in [0.05, 0.1) is 12.8 Å². The van der Waals surface area contributed by atoms with E-state index < -0.39 is 15.9 Å². The molecule has 1 amide bonds. The summed E-state index contributed by atoms with van der Waals surface area (Å²) < 4.78 is 23.1. The summed E-state index contributed by atoms with van der Waals surface area (Å²) in [5.74, 6) is -0.544. The SMILES string of the molecule is CC(C)(C)NCC(=O)NS(C)(=O)=O. The first-order valence-corrected chi connectivity index (χ1v) is 5.75. The number of amides is 1. The molecule has 0 atom stereocenters. The van der Waals surface area contributed by atoms with Gasteiger partial charge in [0.25, 0.3) is 0 Å². The van der Waals surface area contributed by atoms with Crippen molar-refractivity contribution in [1.29, 1.82) is 0 Å². The molecule has 2 N–H and O–H groups in total. The zero-order valence-electron chi connectivity index (χ0n) is 8.34. The summed E-state index contributed by atoms with van der Waals surface area (Å²) in [4.78, 5) is 11.0. The smallest absolute Gasteiger partial charge is 0.247 e. The van der Waals surface area contributed by atoms with E-state index in [4.69, 9.17) is 0 Å². The first-order chi connectivity index (χ1) is 5.60. The fourth-order valence-electron chi connectivity index (χ4n) is 0.588. The predicted molar refractivity (Wildman–Crippen MR) is 50.7 cm³/mol. The molecule has 6 heteroatoms. The Morgan fingerprint density at radius 2 is 1.77 bits per heavy atom. The van der Waals surface area contributed by atoms with Crippen molar-refractivity contribution in [3.63, 3.8) is 0 Å². The lowest BCUT2D eigenvalue weighted by Gasteiger charge is -2.19. The molecular formula is C7H16N2O3S. The number of hydrogen-bond acceptors (Lipinski definition) is 4. The Morgan fingerprint density at radius 3 is 2.08 bits per heavy atom. The van der Waals surface area contributed by atoms with E-state index in [1.165, 1.54) is 0 Å². The number of hydrogen-bond donors (Lipinski definition) is 2.